The number of halogens is 3. The molecule has 0 fully saturated rings. The van der Waals surface area contributed by atoms with Gasteiger partial charge in [-0.1, -0.05) is 0 Å². The van der Waals surface area contributed by atoms with E-state index in [9.17, 15) is 13.2 Å². The molecule has 0 aliphatic heterocycles. The third kappa shape index (κ3) is 2.37. The highest BCUT2D eigenvalue weighted by molar-refractivity contribution is 5.47. The predicted octanol–water partition coefficient (Wildman–Crippen LogP) is 2.47. The van der Waals surface area contributed by atoms with Crippen molar-refractivity contribution in [2.24, 2.45) is 0 Å². The summed E-state index contributed by atoms with van der Waals surface area (Å²) in [6.45, 7) is 1.54. The zero-order valence-corrected chi connectivity index (χ0v) is 8.18. The summed E-state index contributed by atoms with van der Waals surface area (Å²) in [5.74, 6) is 0. The monoisotopic (exact) mass is 204 g/mol. The van der Waals surface area contributed by atoms with Gasteiger partial charge in [0.15, 0.2) is 0 Å². The van der Waals surface area contributed by atoms with Crippen LogP contribution in [-0.4, -0.2) is 19.1 Å². The van der Waals surface area contributed by atoms with E-state index in [1.807, 2.05) is 0 Å². The predicted molar refractivity (Wildman–Crippen MR) is 48.3 cm³/mol. The number of nitrogens with zero attached hydrogens (tertiary/aromatic N) is 2. The minimum Gasteiger partial charge on any atom is -0.378 e. The van der Waals surface area contributed by atoms with Gasteiger partial charge in [-0.05, 0) is 19.1 Å². The van der Waals surface area contributed by atoms with Crippen molar-refractivity contribution in [3.8, 4) is 0 Å². The molecule has 1 aromatic heterocycles. The largest absolute Gasteiger partial charge is 0.433 e. The van der Waals surface area contributed by atoms with E-state index >= 15 is 0 Å². The minimum absolute atomic E-state index is 0.364. The van der Waals surface area contributed by atoms with E-state index in [1.165, 1.54) is 0 Å². The average molecular weight is 204 g/mol. The molecule has 78 valence electrons. The van der Waals surface area contributed by atoms with E-state index in [0.717, 1.165) is 6.07 Å². The van der Waals surface area contributed by atoms with Gasteiger partial charge in [0.1, 0.15) is 5.69 Å². The molecule has 0 N–H and O–H groups in total. The van der Waals surface area contributed by atoms with Gasteiger partial charge in [0, 0.05) is 25.5 Å². The van der Waals surface area contributed by atoms with Gasteiger partial charge in [-0.25, -0.2) is 4.98 Å². The summed E-state index contributed by atoms with van der Waals surface area (Å²) in [4.78, 5) is 5.05. The number of rotatable bonds is 1. The van der Waals surface area contributed by atoms with Crippen molar-refractivity contribution in [2.75, 3.05) is 19.0 Å². The second-order valence-corrected chi connectivity index (χ2v) is 3.24. The van der Waals surface area contributed by atoms with Crippen LogP contribution in [0.2, 0.25) is 0 Å². The molecule has 0 bridgehead atoms. The van der Waals surface area contributed by atoms with Crippen molar-refractivity contribution >= 4 is 5.69 Å². The summed E-state index contributed by atoms with van der Waals surface area (Å²) in [6, 6.07) is 2.64. The molecule has 0 atom stereocenters. The third-order valence-corrected chi connectivity index (χ3v) is 1.75. The van der Waals surface area contributed by atoms with Crippen LogP contribution in [0.4, 0.5) is 18.9 Å². The Bertz CT molecular complexity index is 331. The maximum Gasteiger partial charge on any atom is 0.433 e. The number of alkyl halides is 3. The topological polar surface area (TPSA) is 16.1 Å². The van der Waals surface area contributed by atoms with Gasteiger partial charge in [0.2, 0.25) is 0 Å². The molecule has 0 saturated carbocycles. The van der Waals surface area contributed by atoms with Crippen molar-refractivity contribution in [3.63, 3.8) is 0 Å². The lowest BCUT2D eigenvalue weighted by Gasteiger charge is -2.15. The molecule has 0 unspecified atom stereocenters. The van der Waals surface area contributed by atoms with Gasteiger partial charge in [0.05, 0.1) is 0 Å². The summed E-state index contributed by atoms with van der Waals surface area (Å²) in [5, 5.41) is 0. The molecule has 2 nitrogen and oxygen atoms in total. The Kier molecular flexibility index (Phi) is 2.69. The van der Waals surface area contributed by atoms with Gasteiger partial charge >= 0.3 is 6.18 Å². The molecular weight excluding hydrogens is 193 g/mol. The fraction of sp³-hybridized carbons (Fsp3) is 0.444. The lowest BCUT2D eigenvalue weighted by atomic mass is 10.2. The molecular formula is C9H11F3N2. The molecule has 0 radical (unpaired) electrons. The molecule has 0 aromatic carbocycles. The van der Waals surface area contributed by atoms with Crippen LogP contribution in [0.5, 0.6) is 0 Å². The Hall–Kier alpha value is -1.26. The number of hydrogen-bond donors (Lipinski definition) is 0. The molecule has 0 aliphatic rings. The van der Waals surface area contributed by atoms with E-state index in [-0.39, 0.29) is 0 Å². The normalized spacial score (nSPS) is 11.6. The second kappa shape index (κ2) is 3.48. The molecule has 0 saturated heterocycles. The Morgan fingerprint density at radius 2 is 1.79 bits per heavy atom. The number of hydrogen-bond acceptors (Lipinski definition) is 2. The smallest absolute Gasteiger partial charge is 0.378 e. The van der Waals surface area contributed by atoms with Gasteiger partial charge in [-0.15, -0.1) is 0 Å². The van der Waals surface area contributed by atoms with Crippen LogP contribution in [0.15, 0.2) is 12.1 Å². The fourth-order valence-electron chi connectivity index (χ4n) is 1.05. The summed E-state index contributed by atoms with van der Waals surface area (Å²) in [5.41, 5.74) is 0.0227. The maximum absolute atomic E-state index is 12.3. The van der Waals surface area contributed by atoms with Crippen LogP contribution in [0.3, 0.4) is 0 Å². The Labute approximate surface area is 80.4 Å². The number of aryl methyl sites for hydroxylation is 1. The SMILES string of the molecule is Cc1cc(N(C)C)cc(C(F)(F)F)n1. The lowest BCUT2D eigenvalue weighted by molar-refractivity contribution is -0.141. The molecule has 1 rings (SSSR count). The van der Waals surface area contributed by atoms with Crippen molar-refractivity contribution in [1.29, 1.82) is 0 Å². The third-order valence-electron chi connectivity index (χ3n) is 1.75. The first kappa shape index (κ1) is 10.8. The van der Waals surface area contributed by atoms with Gasteiger partial charge in [-0.2, -0.15) is 13.2 Å². The molecule has 0 spiro atoms. The lowest BCUT2D eigenvalue weighted by Crippen LogP contribution is -2.14. The van der Waals surface area contributed by atoms with Crippen LogP contribution >= 0.6 is 0 Å². The zero-order chi connectivity index (χ0) is 10.9. The van der Waals surface area contributed by atoms with Gasteiger partial charge in [-0.3, -0.25) is 0 Å². The first-order valence-electron chi connectivity index (χ1n) is 4.04. The quantitative estimate of drug-likeness (QED) is 0.698. The zero-order valence-electron chi connectivity index (χ0n) is 8.18. The minimum atomic E-state index is -4.38. The van der Waals surface area contributed by atoms with Crippen LogP contribution < -0.4 is 4.90 Å². The molecule has 14 heavy (non-hydrogen) atoms. The summed E-state index contributed by atoms with van der Waals surface area (Å²) in [6.07, 6.45) is -4.38. The van der Waals surface area contributed by atoms with E-state index in [0.29, 0.717) is 11.4 Å². The Morgan fingerprint density at radius 3 is 2.21 bits per heavy atom. The molecule has 0 amide bonds. The van der Waals surface area contributed by atoms with E-state index < -0.39 is 11.9 Å². The van der Waals surface area contributed by atoms with Crippen molar-refractivity contribution in [3.05, 3.63) is 23.5 Å². The van der Waals surface area contributed by atoms with E-state index in [1.54, 1.807) is 32.0 Å². The van der Waals surface area contributed by atoms with Gasteiger partial charge < -0.3 is 4.90 Å². The molecule has 0 aliphatic carbocycles. The number of pyridine rings is 1. The number of anilines is 1. The van der Waals surface area contributed by atoms with E-state index in [4.69, 9.17) is 0 Å². The molecule has 5 heteroatoms. The van der Waals surface area contributed by atoms with Crippen LogP contribution in [0, 0.1) is 6.92 Å². The summed E-state index contributed by atoms with van der Waals surface area (Å²) >= 11 is 0. The first-order valence-corrected chi connectivity index (χ1v) is 4.04. The highest BCUT2D eigenvalue weighted by atomic mass is 19.4. The number of aromatic nitrogens is 1. The fourth-order valence-corrected chi connectivity index (χ4v) is 1.05. The summed E-state index contributed by atoms with van der Waals surface area (Å²) < 4.78 is 37.0. The Balaban J connectivity index is 3.21. The summed E-state index contributed by atoms with van der Waals surface area (Å²) in [7, 11) is 3.38. The Morgan fingerprint density at radius 1 is 1.21 bits per heavy atom. The first-order chi connectivity index (χ1) is 6.30. The highest BCUT2D eigenvalue weighted by Crippen LogP contribution is 2.30. The van der Waals surface area contributed by atoms with Crippen molar-refractivity contribution in [1.82, 2.24) is 4.98 Å². The molecule has 1 aromatic rings. The standard InChI is InChI=1S/C9H11F3N2/c1-6-4-7(14(2)3)5-8(13-6)9(10,11)12/h4-5H,1-3H3. The van der Waals surface area contributed by atoms with Crippen LogP contribution in [0.1, 0.15) is 11.4 Å². The van der Waals surface area contributed by atoms with Crippen LogP contribution in [0.25, 0.3) is 0 Å². The van der Waals surface area contributed by atoms with Gasteiger partial charge in [0.25, 0.3) is 0 Å². The van der Waals surface area contributed by atoms with Crippen LogP contribution in [-0.2, 0) is 6.18 Å². The highest BCUT2D eigenvalue weighted by Gasteiger charge is 2.33. The maximum atomic E-state index is 12.3. The second-order valence-electron chi connectivity index (χ2n) is 3.24. The van der Waals surface area contributed by atoms with E-state index in [2.05, 4.69) is 4.98 Å². The van der Waals surface area contributed by atoms with Crippen molar-refractivity contribution in [2.45, 2.75) is 13.1 Å². The average Bonchev–Trinajstić information content (AvgIpc) is 2.01. The van der Waals surface area contributed by atoms with Crippen molar-refractivity contribution < 1.29 is 13.2 Å². The molecule has 1 heterocycles.